The number of hydrogen-bond donors (Lipinski definition) is 0. The highest BCUT2D eigenvalue weighted by atomic mass is 16.5. The monoisotopic (exact) mass is 312 g/mol. The quantitative estimate of drug-likeness (QED) is 0.229. The Kier molecular flexibility index (Phi) is 14.5. The van der Waals surface area contributed by atoms with Gasteiger partial charge in [-0.2, -0.15) is 0 Å². The van der Waals surface area contributed by atoms with Crippen LogP contribution < -0.4 is 0 Å². The molecule has 3 heteroatoms. The van der Waals surface area contributed by atoms with E-state index in [1.807, 2.05) is 0 Å². The van der Waals surface area contributed by atoms with E-state index in [1.165, 1.54) is 44.9 Å². The summed E-state index contributed by atoms with van der Waals surface area (Å²) in [5.41, 5.74) is 0. The van der Waals surface area contributed by atoms with Gasteiger partial charge in [0.15, 0.2) is 0 Å². The van der Waals surface area contributed by atoms with E-state index in [-0.39, 0.29) is 11.8 Å². The lowest BCUT2D eigenvalue weighted by Gasteiger charge is -2.10. The molecule has 0 aromatic rings. The Morgan fingerprint density at radius 3 is 1.86 bits per heavy atom. The molecule has 0 spiro atoms. The average Bonchev–Trinajstić information content (AvgIpc) is 2.52. The van der Waals surface area contributed by atoms with E-state index in [1.54, 1.807) is 6.92 Å². The van der Waals surface area contributed by atoms with Crippen molar-refractivity contribution in [1.29, 1.82) is 0 Å². The number of rotatable bonds is 15. The molecule has 0 saturated carbocycles. The summed E-state index contributed by atoms with van der Waals surface area (Å²) >= 11 is 0. The molecule has 0 fully saturated rings. The standard InChI is InChI=1S/C19H36O3/c1-4-6-8-10-11-13-15-18(20)17(3)19(21)22-16-14-12-9-7-5-2/h17H,4-16H2,1-3H3. The topological polar surface area (TPSA) is 43.4 Å². The maximum atomic E-state index is 11.9. The van der Waals surface area contributed by atoms with Crippen molar-refractivity contribution in [3.05, 3.63) is 0 Å². The number of carbonyl (C=O) groups is 2. The molecule has 0 heterocycles. The lowest BCUT2D eigenvalue weighted by Crippen LogP contribution is -2.23. The molecule has 1 atom stereocenters. The Morgan fingerprint density at radius 2 is 1.27 bits per heavy atom. The third-order valence-corrected chi connectivity index (χ3v) is 4.11. The molecule has 0 rings (SSSR count). The first-order chi connectivity index (χ1) is 10.6. The van der Waals surface area contributed by atoms with Crippen molar-refractivity contribution in [1.82, 2.24) is 0 Å². The van der Waals surface area contributed by atoms with Gasteiger partial charge in [-0.1, -0.05) is 71.6 Å². The van der Waals surface area contributed by atoms with Crippen LogP contribution in [0, 0.1) is 5.92 Å². The predicted octanol–water partition coefficient (Wildman–Crippen LogP) is 5.46. The van der Waals surface area contributed by atoms with E-state index >= 15 is 0 Å². The van der Waals surface area contributed by atoms with Crippen molar-refractivity contribution in [2.45, 2.75) is 97.8 Å². The number of Topliss-reactive ketones (excluding diaryl/α,β-unsaturated/α-hetero) is 1. The summed E-state index contributed by atoms with van der Waals surface area (Å²) in [7, 11) is 0. The highest BCUT2D eigenvalue weighted by molar-refractivity contribution is 5.98. The molecular formula is C19H36O3. The molecule has 130 valence electrons. The van der Waals surface area contributed by atoms with Crippen LogP contribution in [0.3, 0.4) is 0 Å². The Morgan fingerprint density at radius 1 is 0.773 bits per heavy atom. The number of esters is 1. The number of ketones is 1. The minimum atomic E-state index is -0.591. The van der Waals surface area contributed by atoms with Gasteiger partial charge in [0.1, 0.15) is 11.7 Å². The van der Waals surface area contributed by atoms with Crippen LogP contribution in [0.2, 0.25) is 0 Å². The average molecular weight is 312 g/mol. The number of unbranched alkanes of at least 4 members (excludes halogenated alkanes) is 9. The van der Waals surface area contributed by atoms with Crippen molar-refractivity contribution in [3.63, 3.8) is 0 Å². The number of ether oxygens (including phenoxy) is 1. The summed E-state index contributed by atoms with van der Waals surface area (Å²) in [6.45, 7) is 6.51. The minimum absolute atomic E-state index is 0.0338. The zero-order valence-electron chi connectivity index (χ0n) is 15.0. The van der Waals surface area contributed by atoms with Crippen molar-refractivity contribution in [2.24, 2.45) is 5.92 Å². The van der Waals surface area contributed by atoms with E-state index in [4.69, 9.17) is 4.74 Å². The van der Waals surface area contributed by atoms with Gasteiger partial charge in [0.05, 0.1) is 6.61 Å². The predicted molar refractivity (Wildman–Crippen MR) is 91.9 cm³/mol. The molecule has 0 saturated heterocycles. The normalized spacial score (nSPS) is 12.1. The fourth-order valence-corrected chi connectivity index (χ4v) is 2.43. The Labute approximate surface area is 137 Å². The van der Waals surface area contributed by atoms with Crippen molar-refractivity contribution in [2.75, 3.05) is 6.61 Å². The van der Waals surface area contributed by atoms with Crippen molar-refractivity contribution in [3.8, 4) is 0 Å². The molecule has 22 heavy (non-hydrogen) atoms. The summed E-state index contributed by atoms with van der Waals surface area (Å²) in [5, 5.41) is 0. The SMILES string of the molecule is CCCCCCCCC(=O)C(C)C(=O)OCCCCCCC. The van der Waals surface area contributed by atoms with Crippen LogP contribution in [0.25, 0.3) is 0 Å². The molecule has 0 aliphatic rings. The van der Waals surface area contributed by atoms with Gasteiger partial charge >= 0.3 is 5.97 Å². The minimum Gasteiger partial charge on any atom is -0.465 e. The Balaban J connectivity index is 3.62. The molecule has 1 unspecified atom stereocenters. The molecule has 0 aliphatic heterocycles. The molecular weight excluding hydrogens is 276 g/mol. The summed E-state index contributed by atoms with van der Waals surface area (Å²) in [6.07, 6.45) is 13.1. The van der Waals surface area contributed by atoms with E-state index < -0.39 is 5.92 Å². The zero-order chi connectivity index (χ0) is 16.6. The van der Waals surface area contributed by atoms with Crippen LogP contribution >= 0.6 is 0 Å². The molecule has 0 bridgehead atoms. The Bertz CT molecular complexity index is 258. The van der Waals surface area contributed by atoms with Gasteiger partial charge in [-0.15, -0.1) is 0 Å². The van der Waals surface area contributed by atoms with Gasteiger partial charge in [-0.25, -0.2) is 0 Å². The molecule has 0 aromatic carbocycles. The first-order valence-corrected chi connectivity index (χ1v) is 9.32. The van der Waals surface area contributed by atoms with Crippen LogP contribution in [0.1, 0.15) is 97.8 Å². The van der Waals surface area contributed by atoms with Crippen LogP contribution in [-0.4, -0.2) is 18.4 Å². The fraction of sp³-hybridized carbons (Fsp3) is 0.895. The summed E-state index contributed by atoms with van der Waals surface area (Å²) in [4.78, 5) is 23.8. The van der Waals surface area contributed by atoms with E-state index in [0.717, 1.165) is 25.7 Å². The van der Waals surface area contributed by atoms with Crippen molar-refractivity contribution >= 4 is 11.8 Å². The van der Waals surface area contributed by atoms with Crippen LogP contribution in [0.5, 0.6) is 0 Å². The lowest BCUT2D eigenvalue weighted by atomic mass is 10.0. The van der Waals surface area contributed by atoms with Gasteiger partial charge in [0, 0.05) is 6.42 Å². The summed E-state index contributed by atoms with van der Waals surface area (Å²) < 4.78 is 5.20. The summed E-state index contributed by atoms with van der Waals surface area (Å²) in [6, 6.07) is 0. The molecule has 0 radical (unpaired) electrons. The third kappa shape index (κ3) is 11.8. The fourth-order valence-electron chi connectivity index (χ4n) is 2.43. The number of hydrogen-bond acceptors (Lipinski definition) is 3. The zero-order valence-corrected chi connectivity index (χ0v) is 15.0. The second kappa shape index (κ2) is 15.1. The molecule has 0 amide bonds. The largest absolute Gasteiger partial charge is 0.465 e. The highest BCUT2D eigenvalue weighted by Crippen LogP contribution is 2.11. The van der Waals surface area contributed by atoms with E-state index in [2.05, 4.69) is 13.8 Å². The molecule has 0 N–H and O–H groups in total. The number of carbonyl (C=O) groups excluding carboxylic acids is 2. The van der Waals surface area contributed by atoms with Gasteiger partial charge in [0.25, 0.3) is 0 Å². The van der Waals surface area contributed by atoms with Crippen molar-refractivity contribution < 1.29 is 14.3 Å². The second-order valence-corrected chi connectivity index (χ2v) is 6.29. The van der Waals surface area contributed by atoms with Gasteiger partial charge in [-0.05, 0) is 19.8 Å². The van der Waals surface area contributed by atoms with Crippen LogP contribution in [-0.2, 0) is 14.3 Å². The first kappa shape index (κ1) is 21.1. The highest BCUT2D eigenvalue weighted by Gasteiger charge is 2.21. The lowest BCUT2D eigenvalue weighted by molar-refractivity contribution is -0.151. The smallest absolute Gasteiger partial charge is 0.316 e. The molecule has 3 nitrogen and oxygen atoms in total. The van der Waals surface area contributed by atoms with Crippen LogP contribution in [0.4, 0.5) is 0 Å². The third-order valence-electron chi connectivity index (χ3n) is 4.11. The summed E-state index contributed by atoms with van der Waals surface area (Å²) in [5.74, 6) is -0.899. The molecule has 0 aliphatic carbocycles. The van der Waals surface area contributed by atoms with E-state index in [9.17, 15) is 9.59 Å². The molecule has 0 aromatic heterocycles. The van der Waals surface area contributed by atoms with Gasteiger partial charge in [0.2, 0.25) is 0 Å². The first-order valence-electron chi connectivity index (χ1n) is 9.32. The second-order valence-electron chi connectivity index (χ2n) is 6.29. The maximum Gasteiger partial charge on any atom is 0.316 e. The van der Waals surface area contributed by atoms with E-state index in [0.29, 0.717) is 13.0 Å². The van der Waals surface area contributed by atoms with Gasteiger partial charge in [-0.3, -0.25) is 9.59 Å². The van der Waals surface area contributed by atoms with Crippen LogP contribution in [0.15, 0.2) is 0 Å². The van der Waals surface area contributed by atoms with Gasteiger partial charge < -0.3 is 4.74 Å². The maximum absolute atomic E-state index is 11.9. The Hall–Kier alpha value is -0.860.